The van der Waals surface area contributed by atoms with Crippen LogP contribution < -0.4 is 5.73 Å². The first kappa shape index (κ1) is 17.2. The monoisotopic (exact) mass is 379 g/mol. The van der Waals surface area contributed by atoms with Crippen LogP contribution in [0.3, 0.4) is 0 Å². The van der Waals surface area contributed by atoms with Crippen molar-refractivity contribution in [2.45, 2.75) is 43.8 Å². The fraction of sp³-hybridized carbons (Fsp3) is 0.556. The third kappa shape index (κ3) is 3.53. The molecule has 7 heteroatoms. The van der Waals surface area contributed by atoms with Gasteiger partial charge in [-0.15, -0.1) is 11.3 Å². The topological polar surface area (TPSA) is 68.5 Å². The third-order valence-corrected chi connectivity index (χ3v) is 6.60. The number of carbonyl (C=O) groups excluding carboxylic acids is 1. The van der Waals surface area contributed by atoms with E-state index in [-0.39, 0.29) is 18.1 Å². The average Bonchev–Trinajstić information content (AvgIpc) is 3.27. The number of amides is 1. The first-order chi connectivity index (χ1) is 12.1. The summed E-state index contributed by atoms with van der Waals surface area (Å²) < 4.78 is 6.92. The number of piperidine rings is 1. The lowest BCUT2D eigenvalue weighted by Gasteiger charge is -2.32. The summed E-state index contributed by atoms with van der Waals surface area (Å²) in [5.41, 5.74) is 6.61. The second-order valence-corrected chi connectivity index (χ2v) is 8.32. The highest BCUT2D eigenvalue weighted by atomic mass is 35.5. The van der Waals surface area contributed by atoms with Gasteiger partial charge in [0.1, 0.15) is 6.10 Å². The smallest absolute Gasteiger partial charge is 0.251 e. The van der Waals surface area contributed by atoms with Crippen molar-refractivity contribution >= 4 is 39.1 Å². The van der Waals surface area contributed by atoms with Gasteiger partial charge in [0.05, 0.1) is 21.3 Å². The van der Waals surface area contributed by atoms with Crippen molar-refractivity contribution in [1.29, 1.82) is 0 Å². The van der Waals surface area contributed by atoms with Crippen molar-refractivity contribution in [3.63, 3.8) is 0 Å². The van der Waals surface area contributed by atoms with Gasteiger partial charge in [0.2, 0.25) is 0 Å². The second kappa shape index (κ2) is 7.19. The van der Waals surface area contributed by atoms with E-state index in [4.69, 9.17) is 27.1 Å². The molecule has 0 unspecified atom stereocenters. The van der Waals surface area contributed by atoms with E-state index in [1.807, 2.05) is 23.1 Å². The highest BCUT2D eigenvalue weighted by molar-refractivity contribution is 7.18. The zero-order valence-electron chi connectivity index (χ0n) is 14.0. The normalized spacial score (nSPS) is 25.0. The largest absolute Gasteiger partial charge is 0.364 e. The molecule has 2 aliphatic heterocycles. The molecule has 4 rings (SSSR count). The van der Waals surface area contributed by atoms with Gasteiger partial charge >= 0.3 is 0 Å². The number of likely N-dealkylation sites (tertiary alicyclic amines) is 1. The van der Waals surface area contributed by atoms with E-state index in [1.165, 1.54) is 4.70 Å². The van der Waals surface area contributed by atoms with Gasteiger partial charge in [-0.1, -0.05) is 11.6 Å². The number of fused-ring (bicyclic) bond motifs is 1. The van der Waals surface area contributed by atoms with Gasteiger partial charge in [-0.2, -0.15) is 0 Å². The van der Waals surface area contributed by atoms with Crippen molar-refractivity contribution in [3.8, 4) is 0 Å². The molecule has 2 aromatic rings. The minimum Gasteiger partial charge on any atom is -0.364 e. The zero-order chi connectivity index (χ0) is 17.4. The Morgan fingerprint density at radius 1 is 1.32 bits per heavy atom. The predicted octanol–water partition coefficient (Wildman–Crippen LogP) is 3.16. The van der Waals surface area contributed by atoms with E-state index >= 15 is 0 Å². The van der Waals surface area contributed by atoms with Gasteiger partial charge in [0.15, 0.2) is 0 Å². The first-order valence-corrected chi connectivity index (χ1v) is 10.0. The quantitative estimate of drug-likeness (QED) is 0.889. The minimum atomic E-state index is -0.297. The maximum Gasteiger partial charge on any atom is 0.251 e. The van der Waals surface area contributed by atoms with Gasteiger partial charge in [0, 0.05) is 30.6 Å². The van der Waals surface area contributed by atoms with E-state index < -0.39 is 0 Å². The number of nitrogens with two attached hydrogens (primary N) is 1. The molecule has 0 spiro atoms. The van der Waals surface area contributed by atoms with Gasteiger partial charge < -0.3 is 15.4 Å². The molecular formula is C18H22ClN3O2S. The molecule has 2 N–H and O–H groups in total. The Morgan fingerprint density at radius 2 is 2.12 bits per heavy atom. The van der Waals surface area contributed by atoms with Crippen LogP contribution in [0.5, 0.6) is 0 Å². The summed E-state index contributed by atoms with van der Waals surface area (Å²) in [6.45, 7) is 2.04. The third-order valence-electron chi connectivity index (χ3n) is 5.17. The van der Waals surface area contributed by atoms with Crippen molar-refractivity contribution < 1.29 is 9.53 Å². The molecule has 1 amide bonds. The molecule has 2 atom stereocenters. The fourth-order valence-electron chi connectivity index (χ4n) is 3.70. The lowest BCUT2D eigenvalue weighted by Crippen LogP contribution is -2.43. The summed E-state index contributed by atoms with van der Waals surface area (Å²) >= 11 is 7.79. The predicted molar refractivity (Wildman–Crippen MR) is 100 cm³/mol. The molecule has 2 saturated heterocycles. The molecule has 0 saturated carbocycles. The molecule has 2 fully saturated rings. The van der Waals surface area contributed by atoms with Gasteiger partial charge in [0.25, 0.3) is 5.91 Å². The van der Waals surface area contributed by atoms with E-state index in [0.29, 0.717) is 12.5 Å². The Kier molecular flexibility index (Phi) is 4.95. The van der Waals surface area contributed by atoms with E-state index in [9.17, 15) is 4.79 Å². The van der Waals surface area contributed by atoms with Crippen molar-refractivity contribution in [2.24, 2.45) is 5.73 Å². The van der Waals surface area contributed by atoms with Crippen LogP contribution in [-0.2, 0) is 9.53 Å². The summed E-state index contributed by atoms with van der Waals surface area (Å²) in [5, 5.41) is 1.88. The molecule has 25 heavy (non-hydrogen) atoms. The number of benzene rings is 1. The number of hydrogen-bond donors (Lipinski definition) is 1. The second-order valence-electron chi connectivity index (χ2n) is 6.82. The van der Waals surface area contributed by atoms with E-state index in [1.54, 1.807) is 11.3 Å². The standard InChI is InChI=1S/C18H22ClN3O2S/c19-12-1-4-16-14(9-12)21-17(25-16)11-5-7-22(8-6-11)18(23)15-3-2-13(10-20)24-15/h1,4,9,11,13,15H,2-3,5-8,10,20H2/t13-,15+/m1/s1. The van der Waals surface area contributed by atoms with Crippen LogP contribution in [0.15, 0.2) is 18.2 Å². The Labute approximate surface area is 156 Å². The molecule has 134 valence electrons. The molecular weight excluding hydrogens is 358 g/mol. The summed E-state index contributed by atoms with van der Waals surface area (Å²) in [4.78, 5) is 19.3. The van der Waals surface area contributed by atoms with Crippen molar-refractivity contribution in [3.05, 3.63) is 28.2 Å². The Morgan fingerprint density at radius 3 is 2.84 bits per heavy atom. The Bertz CT molecular complexity index is 773. The first-order valence-electron chi connectivity index (χ1n) is 8.84. The summed E-state index contributed by atoms with van der Waals surface area (Å²) in [6.07, 6.45) is 3.32. The van der Waals surface area contributed by atoms with Crippen LogP contribution in [0.4, 0.5) is 0 Å². The van der Waals surface area contributed by atoms with Gasteiger partial charge in [-0.05, 0) is 43.9 Å². The van der Waals surface area contributed by atoms with Gasteiger partial charge in [-0.25, -0.2) is 4.98 Å². The lowest BCUT2D eigenvalue weighted by molar-refractivity contribution is -0.143. The van der Waals surface area contributed by atoms with Crippen LogP contribution in [-0.4, -0.2) is 47.6 Å². The minimum absolute atomic E-state index is 0.0426. The molecule has 1 aromatic carbocycles. The number of rotatable bonds is 3. The van der Waals surface area contributed by atoms with E-state index in [0.717, 1.165) is 54.3 Å². The molecule has 0 aliphatic carbocycles. The highest BCUT2D eigenvalue weighted by Gasteiger charge is 2.35. The van der Waals surface area contributed by atoms with E-state index in [2.05, 4.69) is 0 Å². The number of thiazole rings is 1. The highest BCUT2D eigenvalue weighted by Crippen LogP contribution is 2.35. The molecule has 1 aromatic heterocycles. The summed E-state index contributed by atoms with van der Waals surface area (Å²) in [6, 6.07) is 5.85. The molecule has 2 aliphatic rings. The van der Waals surface area contributed by atoms with Crippen molar-refractivity contribution in [1.82, 2.24) is 9.88 Å². The molecule has 5 nitrogen and oxygen atoms in total. The lowest BCUT2D eigenvalue weighted by atomic mass is 9.97. The molecule has 0 bridgehead atoms. The SMILES string of the molecule is NC[C@H]1CC[C@@H](C(=O)N2CCC(c3nc4cc(Cl)ccc4s3)CC2)O1. The average molecular weight is 380 g/mol. The van der Waals surface area contributed by atoms with Crippen LogP contribution >= 0.6 is 22.9 Å². The summed E-state index contributed by atoms with van der Waals surface area (Å²) in [7, 11) is 0. The maximum absolute atomic E-state index is 12.6. The summed E-state index contributed by atoms with van der Waals surface area (Å²) in [5.74, 6) is 0.548. The Balaban J connectivity index is 1.38. The van der Waals surface area contributed by atoms with Crippen LogP contribution in [0.2, 0.25) is 5.02 Å². The molecule has 3 heterocycles. The van der Waals surface area contributed by atoms with Crippen LogP contribution in [0.25, 0.3) is 10.2 Å². The van der Waals surface area contributed by atoms with Gasteiger partial charge in [-0.3, -0.25) is 4.79 Å². The number of carbonyl (C=O) groups is 1. The number of hydrogen-bond acceptors (Lipinski definition) is 5. The number of nitrogens with zero attached hydrogens (tertiary/aromatic N) is 2. The maximum atomic E-state index is 12.6. The zero-order valence-corrected chi connectivity index (χ0v) is 15.6. The number of aromatic nitrogens is 1. The van der Waals surface area contributed by atoms with Crippen LogP contribution in [0, 0.1) is 0 Å². The fourth-order valence-corrected chi connectivity index (χ4v) is 4.99. The number of halogens is 1. The number of ether oxygens (including phenoxy) is 1. The Hall–Kier alpha value is -1.21. The van der Waals surface area contributed by atoms with Crippen molar-refractivity contribution in [2.75, 3.05) is 19.6 Å². The van der Waals surface area contributed by atoms with Crippen LogP contribution in [0.1, 0.15) is 36.6 Å². The molecule has 0 radical (unpaired) electrons.